The van der Waals surface area contributed by atoms with Crippen molar-refractivity contribution in [2.24, 2.45) is 5.14 Å². The molecule has 1 heterocycles. The highest BCUT2D eigenvalue weighted by Crippen LogP contribution is 2.31. The molecule has 0 unspecified atom stereocenters. The topological polar surface area (TPSA) is 139 Å². The summed E-state index contributed by atoms with van der Waals surface area (Å²) in [5.74, 6) is -1.14. The van der Waals surface area contributed by atoms with E-state index in [0.717, 1.165) is 10.5 Å². The van der Waals surface area contributed by atoms with E-state index in [4.69, 9.17) is 5.14 Å². The molecule has 1 fully saturated rings. The fraction of sp³-hybridized carbons (Fsp3) is 0.318. The van der Waals surface area contributed by atoms with Crippen LogP contribution < -0.4 is 15.8 Å². The lowest BCUT2D eigenvalue weighted by atomic mass is 9.84. The summed E-state index contributed by atoms with van der Waals surface area (Å²) in [4.78, 5) is 38.7. The molecule has 0 bridgehead atoms. The second-order valence-corrected chi connectivity index (χ2v) is 10.5. The summed E-state index contributed by atoms with van der Waals surface area (Å²) >= 11 is 0. The van der Waals surface area contributed by atoms with Gasteiger partial charge in [0.25, 0.3) is 5.91 Å². The predicted octanol–water partition coefficient (Wildman–Crippen LogP) is 2.04. The zero-order chi connectivity index (χ0) is 23.9. The van der Waals surface area contributed by atoms with Crippen LogP contribution in [0.1, 0.15) is 38.8 Å². The van der Waals surface area contributed by atoms with E-state index in [1.54, 1.807) is 19.1 Å². The Morgan fingerprint density at radius 1 is 1.06 bits per heavy atom. The van der Waals surface area contributed by atoms with Crippen molar-refractivity contribution in [3.05, 3.63) is 59.7 Å². The third-order valence-electron chi connectivity index (χ3n) is 5.37. The average molecular weight is 459 g/mol. The van der Waals surface area contributed by atoms with Crippen LogP contribution in [0.2, 0.25) is 0 Å². The Morgan fingerprint density at radius 3 is 2.12 bits per heavy atom. The molecule has 3 rings (SSSR count). The molecule has 2 aromatic rings. The molecule has 0 saturated carbocycles. The Bertz CT molecular complexity index is 1170. The van der Waals surface area contributed by atoms with E-state index in [0.29, 0.717) is 11.3 Å². The Morgan fingerprint density at radius 2 is 1.62 bits per heavy atom. The first kappa shape index (κ1) is 23.4. The summed E-state index contributed by atoms with van der Waals surface area (Å²) in [6.45, 7) is 7.35. The molecular formula is C22H26N4O5S. The van der Waals surface area contributed by atoms with E-state index in [9.17, 15) is 22.8 Å². The summed E-state index contributed by atoms with van der Waals surface area (Å²) < 4.78 is 22.6. The number of hydrogen-bond acceptors (Lipinski definition) is 5. The van der Waals surface area contributed by atoms with Gasteiger partial charge in [-0.25, -0.2) is 18.4 Å². The van der Waals surface area contributed by atoms with Gasteiger partial charge in [-0.05, 0) is 47.7 Å². The Kier molecular flexibility index (Phi) is 5.88. The van der Waals surface area contributed by atoms with Gasteiger partial charge in [-0.1, -0.05) is 45.0 Å². The molecule has 170 valence electrons. The number of hydrogen-bond donors (Lipinski definition) is 3. The monoisotopic (exact) mass is 458 g/mol. The van der Waals surface area contributed by atoms with Crippen LogP contribution in [0.3, 0.4) is 0 Å². The van der Waals surface area contributed by atoms with Gasteiger partial charge in [0.05, 0.1) is 4.90 Å². The Labute approximate surface area is 187 Å². The van der Waals surface area contributed by atoms with E-state index in [1.807, 2.05) is 12.1 Å². The number of carbonyl (C=O) groups is 3. The first-order valence-corrected chi connectivity index (χ1v) is 11.4. The molecule has 10 heteroatoms. The lowest BCUT2D eigenvalue weighted by Crippen LogP contribution is -2.42. The number of rotatable bonds is 5. The van der Waals surface area contributed by atoms with E-state index >= 15 is 0 Å². The van der Waals surface area contributed by atoms with E-state index in [1.165, 1.54) is 24.3 Å². The predicted molar refractivity (Wildman–Crippen MR) is 119 cm³/mol. The molecule has 2 aromatic carbocycles. The maximum absolute atomic E-state index is 13.0. The number of amides is 4. The SMILES string of the molecule is CC(C)(C)c1ccc([C@]2(C)NC(=O)N(CC(=O)Nc3ccc(S(N)(=O)=O)cc3)C2=O)cc1. The number of carbonyl (C=O) groups excluding carboxylic acids is 3. The van der Waals surface area contributed by atoms with Crippen LogP contribution in [0.25, 0.3) is 0 Å². The molecule has 0 aliphatic carbocycles. The van der Waals surface area contributed by atoms with Gasteiger partial charge in [-0.3, -0.25) is 14.5 Å². The normalized spacial score (nSPS) is 19.1. The first-order valence-electron chi connectivity index (χ1n) is 9.90. The van der Waals surface area contributed by atoms with Crippen molar-refractivity contribution in [2.45, 2.75) is 43.5 Å². The van der Waals surface area contributed by atoms with Gasteiger partial charge in [0.2, 0.25) is 15.9 Å². The number of urea groups is 1. The summed E-state index contributed by atoms with van der Waals surface area (Å²) in [6.07, 6.45) is 0. The number of nitrogens with one attached hydrogen (secondary N) is 2. The summed E-state index contributed by atoms with van der Waals surface area (Å²) in [6, 6.07) is 12.0. The van der Waals surface area contributed by atoms with Crippen LogP contribution in [0.5, 0.6) is 0 Å². The standard InChI is InChI=1S/C22H26N4O5S/c1-21(2,3)14-5-7-15(8-6-14)22(4)19(28)26(20(29)25-22)13-18(27)24-16-9-11-17(12-10-16)32(23,30)31/h5-12H,13H2,1-4H3,(H,24,27)(H,25,29)(H2,23,30,31)/t22-/m0/s1. The second-order valence-electron chi connectivity index (χ2n) is 8.89. The number of benzene rings is 2. The van der Waals surface area contributed by atoms with Gasteiger partial charge in [0.15, 0.2) is 0 Å². The van der Waals surface area contributed by atoms with Crippen LogP contribution in [-0.4, -0.2) is 37.7 Å². The Balaban J connectivity index is 1.72. The molecule has 1 saturated heterocycles. The van der Waals surface area contributed by atoms with Crippen LogP contribution in [0.4, 0.5) is 10.5 Å². The average Bonchev–Trinajstić information content (AvgIpc) is 2.91. The van der Waals surface area contributed by atoms with Crippen molar-refractivity contribution in [1.82, 2.24) is 10.2 Å². The van der Waals surface area contributed by atoms with Crippen LogP contribution in [0, 0.1) is 0 Å². The number of imide groups is 1. The number of sulfonamides is 1. The highest BCUT2D eigenvalue weighted by atomic mass is 32.2. The van der Waals surface area contributed by atoms with Crippen LogP contribution in [-0.2, 0) is 30.6 Å². The van der Waals surface area contributed by atoms with E-state index < -0.39 is 40.0 Å². The zero-order valence-corrected chi connectivity index (χ0v) is 19.1. The van der Waals surface area contributed by atoms with Crippen molar-refractivity contribution in [3.8, 4) is 0 Å². The second kappa shape index (κ2) is 8.03. The molecule has 1 aliphatic heterocycles. The van der Waals surface area contributed by atoms with Gasteiger partial charge >= 0.3 is 6.03 Å². The molecule has 0 aromatic heterocycles. The van der Waals surface area contributed by atoms with E-state index in [2.05, 4.69) is 31.4 Å². The molecule has 9 nitrogen and oxygen atoms in total. The molecular weight excluding hydrogens is 432 g/mol. The minimum Gasteiger partial charge on any atom is -0.325 e. The molecule has 1 aliphatic rings. The minimum absolute atomic E-state index is 0.0565. The van der Waals surface area contributed by atoms with Gasteiger partial charge in [0.1, 0.15) is 12.1 Å². The Hall–Kier alpha value is -3.24. The third kappa shape index (κ3) is 4.66. The summed E-state index contributed by atoms with van der Waals surface area (Å²) in [5.41, 5.74) is 0.663. The summed E-state index contributed by atoms with van der Waals surface area (Å²) in [7, 11) is -3.85. The van der Waals surface area contributed by atoms with Crippen molar-refractivity contribution in [1.29, 1.82) is 0 Å². The number of nitrogens with zero attached hydrogens (tertiary/aromatic N) is 1. The van der Waals surface area contributed by atoms with Crippen LogP contribution >= 0.6 is 0 Å². The number of nitrogens with two attached hydrogens (primary N) is 1. The van der Waals surface area contributed by atoms with E-state index in [-0.39, 0.29) is 10.3 Å². The zero-order valence-electron chi connectivity index (χ0n) is 18.3. The van der Waals surface area contributed by atoms with Crippen molar-refractivity contribution >= 4 is 33.6 Å². The van der Waals surface area contributed by atoms with Crippen molar-refractivity contribution in [3.63, 3.8) is 0 Å². The third-order valence-corrected chi connectivity index (χ3v) is 6.30. The highest BCUT2D eigenvalue weighted by molar-refractivity contribution is 7.89. The van der Waals surface area contributed by atoms with Crippen molar-refractivity contribution < 1.29 is 22.8 Å². The molecule has 1 atom stereocenters. The highest BCUT2D eigenvalue weighted by Gasteiger charge is 2.49. The molecule has 32 heavy (non-hydrogen) atoms. The van der Waals surface area contributed by atoms with Crippen molar-refractivity contribution in [2.75, 3.05) is 11.9 Å². The van der Waals surface area contributed by atoms with Gasteiger partial charge in [0, 0.05) is 5.69 Å². The lowest BCUT2D eigenvalue weighted by Gasteiger charge is -2.24. The molecule has 0 spiro atoms. The largest absolute Gasteiger partial charge is 0.325 e. The molecule has 4 N–H and O–H groups in total. The number of primary sulfonamides is 1. The molecule has 4 amide bonds. The first-order chi connectivity index (χ1) is 14.7. The lowest BCUT2D eigenvalue weighted by molar-refractivity contribution is -0.133. The van der Waals surface area contributed by atoms with Gasteiger partial charge in [-0.15, -0.1) is 0 Å². The smallest absolute Gasteiger partial charge is 0.325 e. The van der Waals surface area contributed by atoms with Crippen LogP contribution in [0.15, 0.2) is 53.4 Å². The minimum atomic E-state index is -3.85. The summed E-state index contributed by atoms with van der Waals surface area (Å²) in [5, 5.41) is 10.3. The van der Waals surface area contributed by atoms with Gasteiger partial charge in [-0.2, -0.15) is 0 Å². The maximum Gasteiger partial charge on any atom is 0.325 e. The maximum atomic E-state index is 13.0. The fourth-order valence-corrected chi connectivity index (χ4v) is 3.93. The fourth-order valence-electron chi connectivity index (χ4n) is 3.41. The van der Waals surface area contributed by atoms with Gasteiger partial charge < -0.3 is 10.6 Å². The molecule has 0 radical (unpaired) electrons. The number of anilines is 1. The quantitative estimate of drug-likeness (QED) is 0.589.